The van der Waals surface area contributed by atoms with Crippen molar-refractivity contribution in [2.75, 3.05) is 26.3 Å². The molecule has 1 rings (SSSR count). The number of rotatable bonds is 4. The molecule has 1 aliphatic rings. The minimum Gasteiger partial charge on any atom is -0.395 e. The van der Waals surface area contributed by atoms with Crippen LogP contribution in [-0.4, -0.2) is 42.5 Å². The average Bonchev–Trinajstić information content (AvgIpc) is 2.13. The summed E-state index contributed by atoms with van der Waals surface area (Å²) in [5.74, 6) is 0. The highest BCUT2D eigenvalue weighted by atomic mass is 16.5. The van der Waals surface area contributed by atoms with Gasteiger partial charge in [-0.2, -0.15) is 0 Å². The third kappa shape index (κ3) is 2.92. The molecule has 0 radical (unpaired) electrons. The highest BCUT2D eigenvalue weighted by Crippen LogP contribution is 2.31. The van der Waals surface area contributed by atoms with Gasteiger partial charge in [0.15, 0.2) is 0 Å². The molecule has 1 saturated heterocycles. The summed E-state index contributed by atoms with van der Waals surface area (Å²) in [5.41, 5.74) is 5.64. The van der Waals surface area contributed by atoms with Gasteiger partial charge in [0.25, 0.3) is 0 Å². The van der Waals surface area contributed by atoms with E-state index >= 15 is 0 Å². The normalized spacial score (nSPS) is 31.7. The fourth-order valence-electron chi connectivity index (χ4n) is 2.20. The van der Waals surface area contributed by atoms with Crippen LogP contribution in [0.5, 0.6) is 0 Å². The maximum absolute atomic E-state index is 8.80. The van der Waals surface area contributed by atoms with Gasteiger partial charge in [0.1, 0.15) is 0 Å². The predicted molar refractivity (Wildman–Crippen MR) is 56.1 cm³/mol. The summed E-state index contributed by atoms with van der Waals surface area (Å²) in [7, 11) is 0. The lowest BCUT2D eigenvalue weighted by Crippen LogP contribution is -2.59. The Morgan fingerprint density at radius 3 is 2.71 bits per heavy atom. The first-order valence-corrected chi connectivity index (χ1v) is 5.24. The summed E-state index contributed by atoms with van der Waals surface area (Å²) in [6.07, 6.45) is 1.82. The number of aliphatic hydroxyl groups is 1. The van der Waals surface area contributed by atoms with Crippen molar-refractivity contribution < 1.29 is 9.84 Å². The van der Waals surface area contributed by atoms with Gasteiger partial charge in [0.2, 0.25) is 0 Å². The zero-order chi connectivity index (χ0) is 10.7. The molecule has 1 fully saturated rings. The lowest BCUT2D eigenvalue weighted by molar-refractivity contribution is -0.0861. The molecule has 14 heavy (non-hydrogen) atoms. The topological polar surface area (TPSA) is 67.5 Å². The smallest absolute Gasteiger partial charge is 0.0644 e. The average molecular weight is 202 g/mol. The van der Waals surface area contributed by atoms with Gasteiger partial charge in [-0.25, -0.2) is 0 Å². The van der Waals surface area contributed by atoms with Crippen molar-refractivity contribution in [3.63, 3.8) is 0 Å². The van der Waals surface area contributed by atoms with E-state index in [0.717, 1.165) is 19.4 Å². The van der Waals surface area contributed by atoms with Crippen LogP contribution >= 0.6 is 0 Å². The Kier molecular flexibility index (Phi) is 3.89. The van der Waals surface area contributed by atoms with Crippen molar-refractivity contribution in [2.24, 2.45) is 5.73 Å². The van der Waals surface area contributed by atoms with Crippen LogP contribution in [0.25, 0.3) is 0 Å². The van der Waals surface area contributed by atoms with Crippen molar-refractivity contribution in [3.8, 4) is 0 Å². The van der Waals surface area contributed by atoms with Crippen LogP contribution in [0.2, 0.25) is 0 Å². The predicted octanol–water partition coefficient (Wildman–Crippen LogP) is -0.145. The number of hydrogen-bond acceptors (Lipinski definition) is 4. The second kappa shape index (κ2) is 4.57. The van der Waals surface area contributed by atoms with Crippen molar-refractivity contribution in [1.82, 2.24) is 5.32 Å². The van der Waals surface area contributed by atoms with E-state index in [2.05, 4.69) is 19.2 Å². The van der Waals surface area contributed by atoms with Crippen LogP contribution in [0.15, 0.2) is 0 Å². The summed E-state index contributed by atoms with van der Waals surface area (Å²) in [6, 6.07) is 0. The lowest BCUT2D eigenvalue weighted by atomic mass is 9.81. The van der Waals surface area contributed by atoms with Gasteiger partial charge in [-0.05, 0) is 26.7 Å². The lowest BCUT2D eigenvalue weighted by Gasteiger charge is -2.45. The van der Waals surface area contributed by atoms with Gasteiger partial charge in [0.05, 0.1) is 12.2 Å². The van der Waals surface area contributed by atoms with E-state index in [4.69, 9.17) is 15.6 Å². The SMILES string of the molecule is CC1(C)CC(CN)(NCCO)CCO1. The van der Waals surface area contributed by atoms with Gasteiger partial charge < -0.3 is 20.9 Å². The zero-order valence-corrected chi connectivity index (χ0v) is 9.18. The maximum atomic E-state index is 8.80. The molecule has 0 bridgehead atoms. The Morgan fingerprint density at radius 2 is 2.21 bits per heavy atom. The molecule has 0 spiro atoms. The largest absolute Gasteiger partial charge is 0.395 e. The molecule has 1 atom stereocenters. The molecule has 0 aliphatic carbocycles. The first-order chi connectivity index (χ1) is 6.54. The fraction of sp³-hybridized carbons (Fsp3) is 1.00. The summed E-state index contributed by atoms with van der Waals surface area (Å²) in [4.78, 5) is 0. The van der Waals surface area contributed by atoms with E-state index in [0.29, 0.717) is 13.1 Å². The molecule has 0 aromatic heterocycles. The molecule has 4 heteroatoms. The molecule has 4 nitrogen and oxygen atoms in total. The third-order valence-electron chi connectivity index (χ3n) is 2.84. The van der Waals surface area contributed by atoms with Crippen molar-refractivity contribution in [3.05, 3.63) is 0 Å². The van der Waals surface area contributed by atoms with Crippen LogP contribution in [0.3, 0.4) is 0 Å². The van der Waals surface area contributed by atoms with E-state index in [1.165, 1.54) is 0 Å². The minimum atomic E-state index is -0.111. The Morgan fingerprint density at radius 1 is 1.50 bits per heavy atom. The van der Waals surface area contributed by atoms with E-state index in [-0.39, 0.29) is 17.7 Å². The number of aliphatic hydroxyl groups excluding tert-OH is 1. The zero-order valence-electron chi connectivity index (χ0n) is 9.18. The Labute approximate surface area is 85.8 Å². The number of nitrogens with two attached hydrogens (primary N) is 1. The third-order valence-corrected chi connectivity index (χ3v) is 2.84. The number of ether oxygens (including phenoxy) is 1. The Hall–Kier alpha value is -0.160. The summed E-state index contributed by atoms with van der Waals surface area (Å²) in [6.45, 7) is 6.26. The van der Waals surface area contributed by atoms with E-state index in [9.17, 15) is 0 Å². The number of hydrogen-bond donors (Lipinski definition) is 3. The first kappa shape index (κ1) is 11.9. The molecular formula is C10H22N2O2. The summed E-state index contributed by atoms with van der Waals surface area (Å²) in [5, 5.41) is 12.1. The molecule has 0 aromatic rings. The number of β-amino-alcohol motifs (C(OH)–C–C–N with tert-alkyl or cyclic N) is 1. The second-order valence-electron chi connectivity index (χ2n) is 4.67. The van der Waals surface area contributed by atoms with Crippen molar-refractivity contribution >= 4 is 0 Å². The van der Waals surface area contributed by atoms with Gasteiger partial charge in [-0.1, -0.05) is 0 Å². The van der Waals surface area contributed by atoms with Crippen molar-refractivity contribution in [1.29, 1.82) is 0 Å². The summed E-state index contributed by atoms with van der Waals surface area (Å²) < 4.78 is 5.64. The molecule has 0 amide bonds. The molecule has 1 unspecified atom stereocenters. The molecule has 0 saturated carbocycles. The molecule has 4 N–H and O–H groups in total. The molecule has 84 valence electrons. The molecule has 1 aliphatic heterocycles. The Balaban J connectivity index is 2.58. The van der Waals surface area contributed by atoms with Crippen LogP contribution in [0.4, 0.5) is 0 Å². The highest BCUT2D eigenvalue weighted by molar-refractivity contribution is 4.97. The fourth-order valence-corrected chi connectivity index (χ4v) is 2.20. The van der Waals surface area contributed by atoms with Gasteiger partial charge in [-0.3, -0.25) is 0 Å². The van der Waals surface area contributed by atoms with Crippen LogP contribution < -0.4 is 11.1 Å². The standard InChI is InChI=1S/C10H22N2O2/c1-9(2)7-10(8-11,3-6-14-9)12-4-5-13/h12-13H,3-8,11H2,1-2H3. The van der Waals surface area contributed by atoms with Gasteiger partial charge in [0, 0.05) is 25.2 Å². The monoisotopic (exact) mass is 202 g/mol. The van der Waals surface area contributed by atoms with Crippen LogP contribution in [0, 0.1) is 0 Å². The molecule has 0 aromatic carbocycles. The molecule has 1 heterocycles. The Bertz CT molecular complexity index is 185. The minimum absolute atomic E-state index is 0.0511. The van der Waals surface area contributed by atoms with E-state index in [1.807, 2.05) is 0 Å². The highest BCUT2D eigenvalue weighted by Gasteiger charge is 2.39. The molecular weight excluding hydrogens is 180 g/mol. The number of nitrogens with one attached hydrogen (secondary N) is 1. The van der Waals surface area contributed by atoms with Gasteiger partial charge >= 0.3 is 0 Å². The van der Waals surface area contributed by atoms with Crippen LogP contribution in [-0.2, 0) is 4.74 Å². The summed E-state index contributed by atoms with van der Waals surface area (Å²) >= 11 is 0. The first-order valence-electron chi connectivity index (χ1n) is 5.24. The van der Waals surface area contributed by atoms with Crippen molar-refractivity contribution in [2.45, 2.75) is 37.8 Å². The maximum Gasteiger partial charge on any atom is 0.0644 e. The quantitative estimate of drug-likeness (QED) is 0.593. The van der Waals surface area contributed by atoms with E-state index < -0.39 is 0 Å². The van der Waals surface area contributed by atoms with Gasteiger partial charge in [-0.15, -0.1) is 0 Å². The van der Waals surface area contributed by atoms with Crippen LogP contribution in [0.1, 0.15) is 26.7 Å². The second-order valence-corrected chi connectivity index (χ2v) is 4.67. The van der Waals surface area contributed by atoms with E-state index in [1.54, 1.807) is 0 Å².